The average Bonchev–Trinajstić information content (AvgIpc) is 2.64. The maximum atomic E-state index is 13.5. The number of aromatic nitrogens is 1. The van der Waals surface area contributed by atoms with Crippen molar-refractivity contribution in [2.24, 2.45) is 0 Å². The van der Waals surface area contributed by atoms with Crippen molar-refractivity contribution >= 4 is 21.5 Å². The van der Waals surface area contributed by atoms with Crippen molar-refractivity contribution in [2.45, 2.75) is 13.0 Å². The van der Waals surface area contributed by atoms with Crippen LogP contribution in [-0.2, 0) is 0 Å². The van der Waals surface area contributed by atoms with Gasteiger partial charge in [0.05, 0.1) is 12.2 Å². The fourth-order valence-corrected chi connectivity index (χ4v) is 2.11. The number of nitrogens with two attached hydrogens (primary N) is 1. The topological polar surface area (TPSA) is 50.9 Å². The minimum atomic E-state index is -0.216. The van der Waals surface area contributed by atoms with Gasteiger partial charge in [-0.1, -0.05) is 29.5 Å². The van der Waals surface area contributed by atoms with Crippen LogP contribution in [0.25, 0.3) is 0 Å². The SMILES string of the molecule is CC(Nc1ncc(N)s1)c1ccccc1F. The van der Waals surface area contributed by atoms with Crippen LogP contribution in [0.5, 0.6) is 0 Å². The molecule has 0 fully saturated rings. The summed E-state index contributed by atoms with van der Waals surface area (Å²) in [5.41, 5.74) is 6.19. The van der Waals surface area contributed by atoms with Gasteiger partial charge in [0.1, 0.15) is 10.8 Å². The molecule has 0 aliphatic rings. The maximum Gasteiger partial charge on any atom is 0.185 e. The molecule has 0 saturated carbocycles. The number of anilines is 2. The lowest BCUT2D eigenvalue weighted by Crippen LogP contribution is -2.08. The van der Waals surface area contributed by atoms with Crippen molar-refractivity contribution in [2.75, 3.05) is 11.1 Å². The Morgan fingerprint density at radius 3 is 2.81 bits per heavy atom. The molecule has 16 heavy (non-hydrogen) atoms. The summed E-state index contributed by atoms with van der Waals surface area (Å²) in [6, 6.07) is 6.56. The number of thiazole rings is 1. The number of hydrogen-bond donors (Lipinski definition) is 2. The van der Waals surface area contributed by atoms with Gasteiger partial charge in [-0.2, -0.15) is 0 Å². The zero-order valence-corrected chi connectivity index (χ0v) is 9.59. The van der Waals surface area contributed by atoms with E-state index in [1.807, 2.05) is 13.0 Å². The zero-order valence-electron chi connectivity index (χ0n) is 8.77. The molecular formula is C11H12FN3S. The van der Waals surface area contributed by atoms with Gasteiger partial charge in [-0.15, -0.1) is 0 Å². The minimum absolute atomic E-state index is 0.133. The zero-order chi connectivity index (χ0) is 11.5. The molecule has 84 valence electrons. The van der Waals surface area contributed by atoms with Crippen molar-refractivity contribution in [1.29, 1.82) is 0 Å². The van der Waals surface area contributed by atoms with E-state index in [0.717, 1.165) is 0 Å². The summed E-state index contributed by atoms with van der Waals surface area (Å²) >= 11 is 1.35. The Hall–Kier alpha value is -1.62. The third-order valence-corrected chi connectivity index (χ3v) is 2.99. The Labute approximate surface area is 97.1 Å². The van der Waals surface area contributed by atoms with Gasteiger partial charge in [-0.05, 0) is 13.0 Å². The van der Waals surface area contributed by atoms with Gasteiger partial charge in [0.25, 0.3) is 0 Å². The van der Waals surface area contributed by atoms with Crippen LogP contribution in [0.2, 0.25) is 0 Å². The first-order valence-corrected chi connectivity index (χ1v) is 5.70. The highest BCUT2D eigenvalue weighted by molar-refractivity contribution is 7.19. The largest absolute Gasteiger partial charge is 0.389 e. The summed E-state index contributed by atoms with van der Waals surface area (Å²) < 4.78 is 13.5. The summed E-state index contributed by atoms with van der Waals surface area (Å²) in [5, 5.41) is 4.45. The summed E-state index contributed by atoms with van der Waals surface area (Å²) in [5.74, 6) is -0.216. The van der Waals surface area contributed by atoms with E-state index in [2.05, 4.69) is 10.3 Å². The molecular weight excluding hydrogens is 225 g/mol. The Morgan fingerprint density at radius 2 is 2.19 bits per heavy atom. The molecule has 1 heterocycles. The van der Waals surface area contributed by atoms with E-state index >= 15 is 0 Å². The third kappa shape index (κ3) is 2.30. The molecule has 1 aromatic carbocycles. The lowest BCUT2D eigenvalue weighted by molar-refractivity contribution is 0.600. The second-order valence-corrected chi connectivity index (χ2v) is 4.52. The predicted octanol–water partition coefficient (Wildman–Crippen LogP) is 3.04. The van der Waals surface area contributed by atoms with Crippen LogP contribution in [0.1, 0.15) is 18.5 Å². The van der Waals surface area contributed by atoms with Gasteiger partial charge in [0.2, 0.25) is 0 Å². The molecule has 1 atom stereocenters. The molecule has 0 saturated heterocycles. The Bertz CT molecular complexity index is 484. The van der Waals surface area contributed by atoms with Crippen LogP contribution in [-0.4, -0.2) is 4.98 Å². The van der Waals surface area contributed by atoms with E-state index in [9.17, 15) is 4.39 Å². The van der Waals surface area contributed by atoms with Crippen LogP contribution >= 0.6 is 11.3 Å². The highest BCUT2D eigenvalue weighted by Crippen LogP contribution is 2.25. The molecule has 1 unspecified atom stereocenters. The Balaban J connectivity index is 2.14. The average molecular weight is 237 g/mol. The van der Waals surface area contributed by atoms with Crippen LogP contribution < -0.4 is 11.1 Å². The first-order chi connectivity index (χ1) is 7.66. The highest BCUT2D eigenvalue weighted by Gasteiger charge is 2.11. The van der Waals surface area contributed by atoms with Crippen molar-refractivity contribution in [3.05, 3.63) is 41.8 Å². The van der Waals surface area contributed by atoms with E-state index in [0.29, 0.717) is 15.7 Å². The normalized spacial score (nSPS) is 12.4. The maximum absolute atomic E-state index is 13.5. The quantitative estimate of drug-likeness (QED) is 0.862. The van der Waals surface area contributed by atoms with E-state index in [1.54, 1.807) is 18.3 Å². The molecule has 0 aliphatic heterocycles. The fourth-order valence-electron chi connectivity index (χ4n) is 1.44. The van der Waals surface area contributed by atoms with Gasteiger partial charge in [0.15, 0.2) is 5.13 Å². The number of benzene rings is 1. The molecule has 0 aliphatic carbocycles. The minimum Gasteiger partial charge on any atom is -0.389 e. The summed E-state index contributed by atoms with van der Waals surface area (Å²) in [6.07, 6.45) is 1.58. The van der Waals surface area contributed by atoms with Crippen LogP contribution in [0.3, 0.4) is 0 Å². The van der Waals surface area contributed by atoms with Gasteiger partial charge >= 0.3 is 0 Å². The number of halogens is 1. The van der Waals surface area contributed by atoms with Crippen molar-refractivity contribution < 1.29 is 4.39 Å². The van der Waals surface area contributed by atoms with Crippen LogP contribution in [0, 0.1) is 5.82 Å². The van der Waals surface area contributed by atoms with Crippen molar-refractivity contribution in [1.82, 2.24) is 4.98 Å². The summed E-state index contributed by atoms with van der Waals surface area (Å²) in [4.78, 5) is 4.07. The molecule has 1 aromatic heterocycles. The van der Waals surface area contributed by atoms with Crippen molar-refractivity contribution in [3.63, 3.8) is 0 Å². The molecule has 5 heteroatoms. The van der Waals surface area contributed by atoms with E-state index in [1.165, 1.54) is 17.4 Å². The monoisotopic (exact) mass is 237 g/mol. The molecule has 3 N–H and O–H groups in total. The predicted molar refractivity (Wildman–Crippen MR) is 65.0 cm³/mol. The molecule has 0 bridgehead atoms. The van der Waals surface area contributed by atoms with E-state index in [4.69, 9.17) is 5.73 Å². The van der Waals surface area contributed by atoms with Crippen molar-refractivity contribution in [3.8, 4) is 0 Å². The summed E-state index contributed by atoms with van der Waals surface area (Å²) in [6.45, 7) is 1.88. The van der Waals surface area contributed by atoms with Crippen LogP contribution in [0.4, 0.5) is 14.5 Å². The number of nitrogen functional groups attached to an aromatic ring is 1. The lowest BCUT2D eigenvalue weighted by atomic mass is 10.1. The second kappa shape index (κ2) is 4.49. The molecule has 0 amide bonds. The van der Waals surface area contributed by atoms with Gasteiger partial charge in [-0.3, -0.25) is 0 Å². The Kier molecular flexibility index (Phi) is 3.05. The smallest absolute Gasteiger partial charge is 0.185 e. The van der Waals surface area contributed by atoms with Gasteiger partial charge < -0.3 is 11.1 Å². The molecule has 0 spiro atoms. The molecule has 2 aromatic rings. The number of nitrogens with one attached hydrogen (secondary N) is 1. The van der Waals surface area contributed by atoms with E-state index in [-0.39, 0.29) is 11.9 Å². The first-order valence-electron chi connectivity index (χ1n) is 4.89. The lowest BCUT2D eigenvalue weighted by Gasteiger charge is -2.13. The fraction of sp³-hybridized carbons (Fsp3) is 0.182. The second-order valence-electron chi connectivity index (χ2n) is 3.46. The standard InChI is InChI=1S/C11H12FN3S/c1-7(8-4-2-3-5-9(8)12)15-11-14-6-10(13)16-11/h2-7H,13H2,1H3,(H,14,15). The van der Waals surface area contributed by atoms with E-state index < -0.39 is 0 Å². The highest BCUT2D eigenvalue weighted by atomic mass is 32.1. The number of nitrogens with zero attached hydrogens (tertiary/aromatic N) is 1. The molecule has 3 nitrogen and oxygen atoms in total. The first kappa shape index (κ1) is 10.9. The number of rotatable bonds is 3. The third-order valence-electron chi connectivity index (χ3n) is 2.24. The molecule has 0 radical (unpaired) electrons. The number of hydrogen-bond acceptors (Lipinski definition) is 4. The van der Waals surface area contributed by atoms with Crippen LogP contribution in [0.15, 0.2) is 30.5 Å². The summed E-state index contributed by atoms with van der Waals surface area (Å²) in [7, 11) is 0. The Morgan fingerprint density at radius 1 is 1.44 bits per heavy atom. The van der Waals surface area contributed by atoms with Gasteiger partial charge in [0, 0.05) is 5.56 Å². The van der Waals surface area contributed by atoms with Gasteiger partial charge in [-0.25, -0.2) is 9.37 Å². The molecule has 2 rings (SSSR count).